The van der Waals surface area contributed by atoms with Gasteiger partial charge in [-0.3, -0.25) is 0 Å². The van der Waals surface area contributed by atoms with E-state index in [1.54, 1.807) is 0 Å². The second-order valence-electron chi connectivity index (χ2n) is 5.33. The van der Waals surface area contributed by atoms with E-state index in [-0.39, 0.29) is 12.1 Å². The molecule has 0 amide bonds. The molecule has 2 heteroatoms. The van der Waals surface area contributed by atoms with Gasteiger partial charge in [-0.25, -0.2) is 0 Å². The maximum atomic E-state index is 5.65. The number of anilines is 1. The summed E-state index contributed by atoms with van der Waals surface area (Å²) in [5, 5.41) is 3.46. The molecule has 0 aliphatic heterocycles. The second-order valence-corrected chi connectivity index (χ2v) is 5.33. The molecule has 1 N–H and O–H groups in total. The Morgan fingerprint density at radius 3 is 2.38 bits per heavy atom. The van der Waals surface area contributed by atoms with Gasteiger partial charge in [0.1, 0.15) is 5.75 Å². The highest BCUT2D eigenvalue weighted by Crippen LogP contribution is 2.22. The summed E-state index contributed by atoms with van der Waals surface area (Å²) in [4.78, 5) is 0. The van der Waals surface area contributed by atoms with Crippen molar-refractivity contribution in [3.63, 3.8) is 0 Å². The zero-order valence-corrected chi connectivity index (χ0v) is 12.8. The van der Waals surface area contributed by atoms with Crippen LogP contribution in [0.3, 0.4) is 0 Å². The third-order valence-electron chi connectivity index (χ3n) is 3.16. The third kappa shape index (κ3) is 4.29. The zero-order valence-electron chi connectivity index (χ0n) is 12.8. The Labute approximate surface area is 127 Å². The fourth-order valence-corrected chi connectivity index (χ4v) is 2.14. The van der Waals surface area contributed by atoms with Crippen LogP contribution in [0.2, 0.25) is 0 Å². The van der Waals surface area contributed by atoms with E-state index < -0.39 is 0 Å². The molecule has 0 aliphatic rings. The van der Waals surface area contributed by atoms with E-state index in [1.807, 2.05) is 50.2 Å². The van der Waals surface area contributed by atoms with Crippen molar-refractivity contribution in [1.82, 2.24) is 0 Å². The van der Waals surface area contributed by atoms with E-state index >= 15 is 0 Å². The molecule has 1 atom stereocenters. The van der Waals surface area contributed by atoms with Crippen molar-refractivity contribution in [3.05, 3.63) is 59.7 Å². The molecule has 1 unspecified atom stereocenters. The molecule has 21 heavy (non-hydrogen) atoms. The Morgan fingerprint density at radius 1 is 1.05 bits per heavy atom. The van der Waals surface area contributed by atoms with Gasteiger partial charge in [0.15, 0.2) is 0 Å². The van der Waals surface area contributed by atoms with E-state index in [4.69, 9.17) is 11.2 Å². The normalized spacial score (nSPS) is 11.8. The van der Waals surface area contributed by atoms with Crippen molar-refractivity contribution in [3.8, 4) is 18.1 Å². The fourth-order valence-electron chi connectivity index (χ4n) is 2.14. The Morgan fingerprint density at radius 2 is 1.76 bits per heavy atom. The molecule has 2 nitrogen and oxygen atoms in total. The van der Waals surface area contributed by atoms with Crippen LogP contribution in [0.1, 0.15) is 37.9 Å². The van der Waals surface area contributed by atoms with E-state index in [9.17, 15) is 0 Å². The van der Waals surface area contributed by atoms with Gasteiger partial charge in [-0.1, -0.05) is 24.1 Å². The molecule has 2 aromatic rings. The standard InChI is InChI=1S/C19H21NO/c1-5-16-7-6-8-18(13-16)20-15(4)17-9-11-19(12-10-17)21-14(2)3/h1,6-15,20H,2-4H3. The molecule has 0 saturated heterocycles. The Hall–Kier alpha value is -2.40. The van der Waals surface area contributed by atoms with Crippen LogP contribution in [-0.4, -0.2) is 6.10 Å². The zero-order chi connectivity index (χ0) is 15.2. The van der Waals surface area contributed by atoms with E-state index in [0.29, 0.717) is 0 Å². The molecule has 0 radical (unpaired) electrons. The number of terminal acetylenes is 1. The summed E-state index contributed by atoms with van der Waals surface area (Å²) in [7, 11) is 0. The molecular formula is C19H21NO. The van der Waals surface area contributed by atoms with E-state index in [2.05, 4.69) is 30.3 Å². The highest BCUT2D eigenvalue weighted by atomic mass is 16.5. The lowest BCUT2D eigenvalue weighted by Crippen LogP contribution is -2.08. The van der Waals surface area contributed by atoms with Crippen molar-refractivity contribution in [2.24, 2.45) is 0 Å². The molecule has 0 heterocycles. The van der Waals surface area contributed by atoms with Crippen molar-refractivity contribution in [1.29, 1.82) is 0 Å². The highest BCUT2D eigenvalue weighted by molar-refractivity contribution is 5.51. The third-order valence-corrected chi connectivity index (χ3v) is 3.16. The molecular weight excluding hydrogens is 258 g/mol. The summed E-state index contributed by atoms with van der Waals surface area (Å²) in [6.45, 7) is 6.17. The largest absolute Gasteiger partial charge is 0.491 e. The van der Waals surface area contributed by atoms with Crippen LogP contribution < -0.4 is 10.1 Å². The summed E-state index contributed by atoms with van der Waals surface area (Å²) in [6, 6.07) is 16.3. The van der Waals surface area contributed by atoms with Crippen LogP contribution in [0.5, 0.6) is 5.75 Å². The van der Waals surface area contributed by atoms with Gasteiger partial charge in [0, 0.05) is 17.3 Å². The number of benzene rings is 2. The number of hydrogen-bond donors (Lipinski definition) is 1. The highest BCUT2D eigenvalue weighted by Gasteiger charge is 2.06. The van der Waals surface area contributed by atoms with Crippen molar-refractivity contribution >= 4 is 5.69 Å². The van der Waals surface area contributed by atoms with Crippen LogP contribution in [0.15, 0.2) is 48.5 Å². The quantitative estimate of drug-likeness (QED) is 0.806. The Balaban J connectivity index is 2.06. The molecule has 0 spiro atoms. The molecule has 2 rings (SSSR count). The minimum Gasteiger partial charge on any atom is -0.491 e. The first-order chi connectivity index (χ1) is 10.1. The van der Waals surface area contributed by atoms with Gasteiger partial charge < -0.3 is 10.1 Å². The van der Waals surface area contributed by atoms with E-state index in [0.717, 1.165) is 17.0 Å². The summed E-state index contributed by atoms with van der Waals surface area (Å²) < 4.78 is 5.65. The first kappa shape index (κ1) is 15.0. The smallest absolute Gasteiger partial charge is 0.119 e. The predicted molar refractivity (Wildman–Crippen MR) is 88.6 cm³/mol. The number of nitrogens with one attached hydrogen (secondary N) is 1. The first-order valence-corrected chi connectivity index (χ1v) is 7.18. The topological polar surface area (TPSA) is 21.3 Å². The number of hydrogen-bond acceptors (Lipinski definition) is 2. The Bertz CT molecular complexity index is 623. The molecule has 108 valence electrons. The van der Waals surface area contributed by atoms with Gasteiger partial charge >= 0.3 is 0 Å². The molecule has 0 aromatic heterocycles. The van der Waals surface area contributed by atoms with Crippen molar-refractivity contribution < 1.29 is 4.74 Å². The van der Waals surface area contributed by atoms with Crippen LogP contribution in [0.4, 0.5) is 5.69 Å². The molecule has 0 saturated carbocycles. The van der Waals surface area contributed by atoms with Crippen molar-refractivity contribution in [2.75, 3.05) is 5.32 Å². The lowest BCUT2D eigenvalue weighted by molar-refractivity contribution is 0.242. The van der Waals surface area contributed by atoms with Gasteiger partial charge in [-0.2, -0.15) is 0 Å². The minimum atomic E-state index is 0.193. The van der Waals surface area contributed by atoms with Crippen LogP contribution in [0.25, 0.3) is 0 Å². The fraction of sp³-hybridized carbons (Fsp3) is 0.263. The minimum absolute atomic E-state index is 0.193. The molecule has 0 fully saturated rings. The van der Waals surface area contributed by atoms with Gasteiger partial charge in [0.05, 0.1) is 6.10 Å². The first-order valence-electron chi connectivity index (χ1n) is 7.18. The average Bonchev–Trinajstić information content (AvgIpc) is 2.47. The lowest BCUT2D eigenvalue weighted by atomic mass is 10.1. The summed E-state index contributed by atoms with van der Waals surface area (Å²) in [5.41, 5.74) is 3.12. The van der Waals surface area contributed by atoms with Crippen LogP contribution in [-0.2, 0) is 0 Å². The van der Waals surface area contributed by atoms with Crippen molar-refractivity contribution in [2.45, 2.75) is 32.9 Å². The summed E-state index contributed by atoms with van der Waals surface area (Å²) >= 11 is 0. The predicted octanol–water partition coefficient (Wildman–Crippen LogP) is 4.63. The number of rotatable bonds is 5. The van der Waals surface area contributed by atoms with Crippen LogP contribution >= 0.6 is 0 Å². The average molecular weight is 279 g/mol. The van der Waals surface area contributed by atoms with Gasteiger partial charge in [0.25, 0.3) is 0 Å². The molecule has 0 bridgehead atoms. The molecule has 0 aliphatic carbocycles. The monoisotopic (exact) mass is 279 g/mol. The van der Waals surface area contributed by atoms with Gasteiger partial charge in [-0.15, -0.1) is 6.42 Å². The summed E-state index contributed by atoms with van der Waals surface area (Å²) in [5.74, 6) is 3.55. The second kappa shape index (κ2) is 6.85. The maximum Gasteiger partial charge on any atom is 0.119 e. The van der Waals surface area contributed by atoms with Gasteiger partial charge in [0.2, 0.25) is 0 Å². The SMILES string of the molecule is C#Cc1cccc(NC(C)c2ccc(OC(C)C)cc2)c1. The van der Waals surface area contributed by atoms with Gasteiger partial charge in [-0.05, 0) is 56.7 Å². The lowest BCUT2D eigenvalue weighted by Gasteiger charge is -2.17. The summed E-state index contributed by atoms with van der Waals surface area (Å²) in [6.07, 6.45) is 5.62. The molecule has 2 aromatic carbocycles. The van der Waals surface area contributed by atoms with Crippen LogP contribution in [0, 0.1) is 12.3 Å². The number of ether oxygens (including phenoxy) is 1. The Kier molecular flexibility index (Phi) is 4.90. The maximum absolute atomic E-state index is 5.65. The van der Waals surface area contributed by atoms with E-state index in [1.165, 1.54) is 5.56 Å².